The van der Waals surface area contributed by atoms with Crippen LogP contribution in [0.4, 0.5) is 0 Å². The molecule has 0 aromatic carbocycles. The smallest absolute Gasteiger partial charge is 0.0590 e. The van der Waals surface area contributed by atoms with Gasteiger partial charge in [0.15, 0.2) is 0 Å². The van der Waals surface area contributed by atoms with Gasteiger partial charge in [-0.05, 0) is 26.7 Å². The lowest BCUT2D eigenvalue weighted by Gasteiger charge is -2.07. The quantitative estimate of drug-likeness (QED) is 0.433. The molecule has 0 aliphatic heterocycles. The Balaban J connectivity index is 2.88. The molecule has 5 heteroatoms. The highest BCUT2D eigenvalue weighted by Gasteiger charge is 1.92. The third kappa shape index (κ3) is 17.8. The van der Waals surface area contributed by atoms with Crippen molar-refractivity contribution in [3.8, 4) is 0 Å². The maximum Gasteiger partial charge on any atom is 0.0590 e. The summed E-state index contributed by atoms with van der Waals surface area (Å²) in [5, 5.41) is 3.28. The Hall–Kier alpha value is -0.200. The summed E-state index contributed by atoms with van der Waals surface area (Å²) in [4.78, 5) is 0. The van der Waals surface area contributed by atoms with Gasteiger partial charge in [0.05, 0.1) is 13.2 Å². The minimum Gasteiger partial charge on any atom is -0.382 e. The standard InChI is InChI=1S/C14H31NO4/c1-3-16-9-5-11-18-13-7-15-8-14-19-12-6-10-17-4-2/h15H,3-14H2,1-2H3. The van der Waals surface area contributed by atoms with Crippen LogP contribution in [-0.4, -0.2) is 65.9 Å². The highest BCUT2D eigenvalue weighted by Crippen LogP contribution is 1.85. The fourth-order valence-corrected chi connectivity index (χ4v) is 1.43. The Bertz CT molecular complexity index is 142. The fraction of sp³-hybridized carbons (Fsp3) is 1.00. The second-order valence-corrected chi connectivity index (χ2v) is 4.08. The van der Waals surface area contributed by atoms with E-state index in [4.69, 9.17) is 18.9 Å². The van der Waals surface area contributed by atoms with Gasteiger partial charge in [0.25, 0.3) is 0 Å². The van der Waals surface area contributed by atoms with Crippen LogP contribution in [0.25, 0.3) is 0 Å². The summed E-state index contributed by atoms with van der Waals surface area (Å²) in [5.41, 5.74) is 0. The molecular weight excluding hydrogens is 246 g/mol. The van der Waals surface area contributed by atoms with E-state index in [0.717, 1.165) is 78.8 Å². The molecule has 0 heterocycles. The van der Waals surface area contributed by atoms with E-state index >= 15 is 0 Å². The van der Waals surface area contributed by atoms with Crippen molar-refractivity contribution in [1.29, 1.82) is 0 Å². The van der Waals surface area contributed by atoms with E-state index in [0.29, 0.717) is 0 Å². The van der Waals surface area contributed by atoms with Crippen LogP contribution in [0.2, 0.25) is 0 Å². The molecule has 0 aliphatic carbocycles. The molecule has 0 rings (SSSR count). The second kappa shape index (κ2) is 17.8. The lowest BCUT2D eigenvalue weighted by Crippen LogP contribution is -2.24. The zero-order valence-corrected chi connectivity index (χ0v) is 12.6. The fourth-order valence-electron chi connectivity index (χ4n) is 1.43. The largest absolute Gasteiger partial charge is 0.382 e. The molecule has 1 N–H and O–H groups in total. The average Bonchev–Trinajstić information content (AvgIpc) is 2.43. The van der Waals surface area contributed by atoms with Crippen LogP contribution in [0.1, 0.15) is 26.7 Å². The Morgan fingerprint density at radius 3 is 1.42 bits per heavy atom. The SMILES string of the molecule is CCOCCCOCCNCCOCCCOCC. The number of hydrogen-bond donors (Lipinski definition) is 1. The van der Waals surface area contributed by atoms with Crippen molar-refractivity contribution in [3.05, 3.63) is 0 Å². The van der Waals surface area contributed by atoms with Gasteiger partial charge in [-0.2, -0.15) is 0 Å². The molecule has 0 bridgehead atoms. The van der Waals surface area contributed by atoms with Gasteiger partial charge in [0.2, 0.25) is 0 Å². The molecule has 0 fully saturated rings. The first-order valence-electron chi connectivity index (χ1n) is 7.43. The van der Waals surface area contributed by atoms with Crippen molar-refractivity contribution < 1.29 is 18.9 Å². The van der Waals surface area contributed by atoms with Crippen LogP contribution >= 0.6 is 0 Å². The third-order valence-electron chi connectivity index (χ3n) is 2.41. The number of rotatable bonds is 16. The zero-order valence-electron chi connectivity index (χ0n) is 12.6. The number of ether oxygens (including phenoxy) is 4. The van der Waals surface area contributed by atoms with Crippen molar-refractivity contribution in [3.63, 3.8) is 0 Å². The number of hydrogen-bond acceptors (Lipinski definition) is 5. The molecule has 116 valence electrons. The maximum absolute atomic E-state index is 5.45. The van der Waals surface area contributed by atoms with Crippen LogP contribution in [-0.2, 0) is 18.9 Å². The molecular formula is C14H31NO4. The molecule has 0 unspecified atom stereocenters. The minimum absolute atomic E-state index is 0.746. The monoisotopic (exact) mass is 277 g/mol. The normalized spacial score (nSPS) is 11.1. The van der Waals surface area contributed by atoms with Gasteiger partial charge in [0.1, 0.15) is 0 Å². The van der Waals surface area contributed by atoms with Gasteiger partial charge >= 0.3 is 0 Å². The van der Waals surface area contributed by atoms with Crippen molar-refractivity contribution in [2.24, 2.45) is 0 Å². The summed E-state index contributed by atoms with van der Waals surface area (Å²) in [6.45, 7) is 11.9. The van der Waals surface area contributed by atoms with Crippen LogP contribution < -0.4 is 5.32 Å². The molecule has 5 nitrogen and oxygen atoms in total. The molecule has 0 radical (unpaired) electrons. The van der Waals surface area contributed by atoms with Crippen LogP contribution in [0.3, 0.4) is 0 Å². The van der Waals surface area contributed by atoms with Crippen LogP contribution in [0, 0.1) is 0 Å². The van der Waals surface area contributed by atoms with E-state index < -0.39 is 0 Å². The van der Waals surface area contributed by atoms with E-state index in [9.17, 15) is 0 Å². The lowest BCUT2D eigenvalue weighted by molar-refractivity contribution is 0.0819. The van der Waals surface area contributed by atoms with Gasteiger partial charge in [-0.15, -0.1) is 0 Å². The van der Waals surface area contributed by atoms with Crippen LogP contribution in [0.5, 0.6) is 0 Å². The predicted octanol–water partition coefficient (Wildman–Crippen LogP) is 1.46. The lowest BCUT2D eigenvalue weighted by atomic mass is 10.5. The summed E-state index contributed by atoms with van der Waals surface area (Å²) in [7, 11) is 0. The molecule has 0 aromatic rings. The van der Waals surface area contributed by atoms with Crippen molar-refractivity contribution >= 4 is 0 Å². The van der Waals surface area contributed by atoms with Gasteiger partial charge in [-0.3, -0.25) is 0 Å². The Morgan fingerprint density at radius 2 is 1.00 bits per heavy atom. The van der Waals surface area contributed by atoms with Crippen molar-refractivity contribution in [2.45, 2.75) is 26.7 Å². The zero-order chi connectivity index (χ0) is 14.0. The molecule has 0 saturated heterocycles. The maximum atomic E-state index is 5.45. The van der Waals surface area contributed by atoms with Crippen LogP contribution in [0.15, 0.2) is 0 Å². The molecule has 0 saturated carbocycles. The molecule has 0 amide bonds. The average molecular weight is 277 g/mol. The summed E-state index contributed by atoms with van der Waals surface area (Å²) in [5.74, 6) is 0. The molecule has 0 atom stereocenters. The third-order valence-corrected chi connectivity index (χ3v) is 2.41. The predicted molar refractivity (Wildman–Crippen MR) is 76.7 cm³/mol. The summed E-state index contributed by atoms with van der Waals surface area (Å²) in [6.07, 6.45) is 1.94. The summed E-state index contributed by atoms with van der Waals surface area (Å²) in [6, 6.07) is 0. The minimum atomic E-state index is 0.746. The first kappa shape index (κ1) is 18.8. The first-order chi connectivity index (χ1) is 9.41. The molecule has 19 heavy (non-hydrogen) atoms. The van der Waals surface area contributed by atoms with Crippen molar-refractivity contribution in [1.82, 2.24) is 5.32 Å². The van der Waals surface area contributed by atoms with E-state index in [-0.39, 0.29) is 0 Å². The Labute approximate surface area is 117 Å². The summed E-state index contributed by atoms with van der Waals surface area (Å²) < 4.78 is 21.3. The topological polar surface area (TPSA) is 49.0 Å². The Kier molecular flexibility index (Phi) is 17.6. The Morgan fingerprint density at radius 1 is 0.579 bits per heavy atom. The van der Waals surface area contributed by atoms with Gasteiger partial charge < -0.3 is 24.3 Å². The van der Waals surface area contributed by atoms with Gasteiger partial charge in [-0.1, -0.05) is 0 Å². The second-order valence-electron chi connectivity index (χ2n) is 4.08. The summed E-state index contributed by atoms with van der Waals surface area (Å²) >= 11 is 0. The van der Waals surface area contributed by atoms with E-state index in [1.165, 1.54) is 0 Å². The molecule has 0 aliphatic rings. The van der Waals surface area contributed by atoms with Gasteiger partial charge in [0, 0.05) is 52.7 Å². The molecule has 0 spiro atoms. The highest BCUT2D eigenvalue weighted by atomic mass is 16.5. The highest BCUT2D eigenvalue weighted by molar-refractivity contribution is 4.46. The first-order valence-corrected chi connectivity index (χ1v) is 7.43. The van der Waals surface area contributed by atoms with E-state index in [2.05, 4.69) is 5.32 Å². The van der Waals surface area contributed by atoms with Gasteiger partial charge in [-0.25, -0.2) is 0 Å². The number of nitrogens with one attached hydrogen (secondary N) is 1. The van der Waals surface area contributed by atoms with E-state index in [1.807, 2.05) is 13.8 Å². The molecule has 0 aromatic heterocycles. The van der Waals surface area contributed by atoms with Crippen molar-refractivity contribution in [2.75, 3.05) is 65.9 Å². The van der Waals surface area contributed by atoms with E-state index in [1.54, 1.807) is 0 Å².